The molecule has 26 heavy (non-hydrogen) atoms. The topological polar surface area (TPSA) is 89.5 Å². The molecule has 0 atom stereocenters. The Balaban J connectivity index is 0. The number of sulfonamides is 2. The first-order valence-corrected chi connectivity index (χ1v) is 9.23. The maximum atomic E-state index is 13.5. The summed E-state index contributed by atoms with van der Waals surface area (Å²) in [4.78, 5) is 0. The maximum absolute atomic E-state index is 13.5. The van der Waals surface area contributed by atoms with Crippen LogP contribution in [0, 0.1) is 0 Å². The van der Waals surface area contributed by atoms with E-state index in [-0.39, 0.29) is 20.3 Å². The Morgan fingerprint density at radius 3 is 1.69 bits per heavy atom. The van der Waals surface area contributed by atoms with E-state index in [1.54, 1.807) is 0 Å². The summed E-state index contributed by atoms with van der Waals surface area (Å²) in [6, 6.07) is 3.51. The van der Waals surface area contributed by atoms with Crippen molar-refractivity contribution >= 4 is 36.0 Å². The van der Waals surface area contributed by atoms with Gasteiger partial charge in [0.25, 0.3) is 0 Å². The molecule has 0 aromatic heterocycles. The summed E-state index contributed by atoms with van der Waals surface area (Å²) >= 11 is 2.88. The number of ether oxygens (including phenoxy) is 1. The molecular formula is C9H6BrF7LiNO5S2. The van der Waals surface area contributed by atoms with E-state index in [0.717, 1.165) is 12.1 Å². The number of nitrogens with one attached hydrogen (secondary N) is 1. The van der Waals surface area contributed by atoms with Crippen LogP contribution < -0.4 is 27.7 Å². The monoisotopic (exact) mass is 491 g/mol. The zero-order valence-electron chi connectivity index (χ0n) is 13.2. The maximum Gasteiger partial charge on any atom is 1.00 e. The minimum absolute atomic E-state index is 0. The van der Waals surface area contributed by atoms with Crippen molar-refractivity contribution in [2.24, 2.45) is 0 Å². The molecule has 0 aliphatic rings. The molecule has 0 saturated heterocycles. The quantitative estimate of drug-likeness (QED) is 0.443. The van der Waals surface area contributed by atoms with Crippen molar-refractivity contribution in [1.29, 1.82) is 0 Å². The molecule has 146 valence electrons. The third-order valence-electron chi connectivity index (χ3n) is 2.26. The fourth-order valence-electron chi connectivity index (χ4n) is 1.11. The normalized spacial score (nSPS) is 13.8. The van der Waals surface area contributed by atoms with Crippen LogP contribution in [0.3, 0.4) is 0 Å². The molecule has 0 aliphatic carbocycles. The van der Waals surface area contributed by atoms with Gasteiger partial charge >= 0.3 is 55.8 Å². The van der Waals surface area contributed by atoms with Crippen LogP contribution in [-0.2, 0) is 20.0 Å². The van der Waals surface area contributed by atoms with Gasteiger partial charge in [0.05, 0.1) is 0 Å². The Hall–Kier alpha value is -0.533. The Labute approximate surface area is 164 Å². The molecule has 17 heteroatoms. The van der Waals surface area contributed by atoms with Gasteiger partial charge in [-0.2, -0.15) is 30.7 Å². The molecule has 1 N–H and O–H groups in total. The molecule has 0 unspecified atom stereocenters. The van der Waals surface area contributed by atoms with Gasteiger partial charge in [0.2, 0.25) is 0 Å². The summed E-state index contributed by atoms with van der Waals surface area (Å²) in [7, 11) is -14.0. The Morgan fingerprint density at radius 2 is 1.31 bits per heavy atom. The molecule has 1 rings (SSSR count). The zero-order valence-corrected chi connectivity index (χ0v) is 15.4. The number of hydrogen-bond acceptors (Lipinski definition) is 5. The summed E-state index contributed by atoms with van der Waals surface area (Å²) in [5, 5.41) is -6.37. The van der Waals surface area contributed by atoms with Crippen molar-refractivity contribution in [3.8, 4) is 5.75 Å². The molecule has 0 radical (unpaired) electrons. The molecule has 6 nitrogen and oxygen atoms in total. The largest absolute Gasteiger partial charge is 1.00 e. The Morgan fingerprint density at radius 1 is 0.885 bits per heavy atom. The van der Waals surface area contributed by atoms with E-state index in [1.807, 2.05) is 0 Å². The molecular weight excluding hydrogens is 486 g/mol. The molecule has 1 aromatic rings. The number of rotatable bonds is 6. The van der Waals surface area contributed by atoms with E-state index >= 15 is 0 Å². The van der Waals surface area contributed by atoms with Crippen LogP contribution in [0.25, 0.3) is 0 Å². The standard InChI is InChI=1S/C9H5BrF7NO5S2.Li.H/c10-5-1-3-6(4-2-5)23-7(11,12)8(13,14)24(19,20)18-25(21,22)9(15,16)17;;/h1-4,18H;;/q;+1;-1. The first kappa shape index (κ1) is 25.5. The molecule has 0 fully saturated rings. The van der Waals surface area contributed by atoms with Crippen molar-refractivity contribution in [3.05, 3.63) is 28.7 Å². The number of alkyl halides is 7. The van der Waals surface area contributed by atoms with Crippen LogP contribution in [-0.4, -0.2) is 33.7 Å². The molecule has 0 heterocycles. The predicted molar refractivity (Wildman–Crippen MR) is 72.8 cm³/mol. The van der Waals surface area contributed by atoms with Gasteiger partial charge in [-0.3, -0.25) is 0 Å². The van der Waals surface area contributed by atoms with Crippen molar-refractivity contribution in [3.63, 3.8) is 0 Å². The average molecular weight is 492 g/mol. The molecule has 0 saturated carbocycles. The van der Waals surface area contributed by atoms with Gasteiger partial charge in [-0.05, 0) is 24.3 Å². The van der Waals surface area contributed by atoms with Crippen LogP contribution in [0.4, 0.5) is 30.7 Å². The summed E-state index contributed by atoms with van der Waals surface area (Å²) in [5.74, 6) is -0.971. The Bertz CT molecular complexity index is 848. The minimum Gasteiger partial charge on any atom is -1.00 e. The average Bonchev–Trinajstić information content (AvgIpc) is 2.38. The molecule has 0 bridgehead atoms. The SMILES string of the molecule is O=S(=O)(NS(=O)(=O)C(F)(F)C(F)(F)Oc1ccc(Br)cc1)C(F)(F)F.[H-].[Li+]. The van der Waals surface area contributed by atoms with E-state index in [9.17, 15) is 47.6 Å². The van der Waals surface area contributed by atoms with Gasteiger partial charge in [0.15, 0.2) is 0 Å². The first-order chi connectivity index (χ1) is 10.9. The number of benzene rings is 1. The minimum atomic E-state index is -7.06. The summed E-state index contributed by atoms with van der Waals surface area (Å²) in [5.41, 5.74) is -6.34. The fourth-order valence-corrected chi connectivity index (χ4v) is 3.68. The summed E-state index contributed by atoms with van der Waals surface area (Å²) < 4.78 is 137. The number of hydrogen-bond donors (Lipinski definition) is 1. The van der Waals surface area contributed by atoms with Gasteiger partial charge in [-0.1, -0.05) is 20.1 Å². The van der Waals surface area contributed by atoms with Gasteiger partial charge in [-0.15, -0.1) is 0 Å². The molecule has 0 aliphatic heterocycles. The molecule has 0 amide bonds. The second-order valence-corrected chi connectivity index (χ2v) is 8.70. The predicted octanol–water partition coefficient (Wildman–Crippen LogP) is -0.101. The third-order valence-corrected chi connectivity index (χ3v) is 6.07. The molecule has 0 spiro atoms. The zero-order chi connectivity index (χ0) is 19.9. The summed E-state index contributed by atoms with van der Waals surface area (Å²) in [6.45, 7) is 0. The second-order valence-electron chi connectivity index (χ2n) is 4.13. The van der Waals surface area contributed by atoms with E-state index in [1.165, 1.54) is 0 Å². The van der Waals surface area contributed by atoms with Crippen LogP contribution in [0.5, 0.6) is 5.75 Å². The fraction of sp³-hybridized carbons (Fsp3) is 0.333. The third kappa shape index (κ3) is 5.26. The van der Waals surface area contributed by atoms with E-state index in [2.05, 4.69) is 20.7 Å². The van der Waals surface area contributed by atoms with Crippen molar-refractivity contribution in [2.45, 2.75) is 16.9 Å². The first-order valence-electron chi connectivity index (χ1n) is 5.47. The van der Waals surface area contributed by atoms with Crippen LogP contribution in [0.2, 0.25) is 0 Å². The smallest absolute Gasteiger partial charge is 1.00 e. The second kappa shape index (κ2) is 7.84. The van der Waals surface area contributed by atoms with Gasteiger partial charge in [0.1, 0.15) is 5.75 Å². The van der Waals surface area contributed by atoms with Gasteiger partial charge in [-0.25, -0.2) is 16.8 Å². The van der Waals surface area contributed by atoms with Crippen LogP contribution in [0.15, 0.2) is 28.7 Å². The van der Waals surface area contributed by atoms with E-state index in [0.29, 0.717) is 16.6 Å². The number of halogens is 8. The van der Waals surface area contributed by atoms with Gasteiger partial charge in [0, 0.05) is 4.47 Å². The molecule has 1 aromatic carbocycles. The van der Waals surface area contributed by atoms with Gasteiger partial charge < -0.3 is 6.16 Å². The van der Waals surface area contributed by atoms with Crippen molar-refractivity contribution < 1.29 is 72.6 Å². The van der Waals surface area contributed by atoms with E-state index < -0.39 is 46.8 Å². The van der Waals surface area contributed by atoms with Crippen LogP contribution in [0.1, 0.15) is 1.43 Å². The van der Waals surface area contributed by atoms with Crippen LogP contribution >= 0.6 is 15.9 Å². The Kier molecular flexibility index (Phi) is 7.68. The van der Waals surface area contributed by atoms with E-state index in [4.69, 9.17) is 0 Å². The van der Waals surface area contributed by atoms with Crippen molar-refractivity contribution in [1.82, 2.24) is 4.13 Å². The summed E-state index contributed by atoms with van der Waals surface area (Å²) in [6.07, 6.45) is -5.91. The van der Waals surface area contributed by atoms with Crippen molar-refractivity contribution in [2.75, 3.05) is 0 Å².